The van der Waals surface area contributed by atoms with E-state index in [4.69, 9.17) is 9.47 Å². The first-order valence-corrected chi connectivity index (χ1v) is 9.64. The number of ether oxygens (including phenoxy) is 2. The number of halogens is 2. The van der Waals surface area contributed by atoms with Crippen molar-refractivity contribution in [3.63, 3.8) is 0 Å². The number of sulfonamides is 1. The molecule has 0 saturated heterocycles. The van der Waals surface area contributed by atoms with Crippen LogP contribution in [0.5, 0.6) is 0 Å². The molecule has 0 bridgehead atoms. The number of rotatable bonds is 7. The van der Waals surface area contributed by atoms with Gasteiger partial charge in [0.05, 0.1) is 30.0 Å². The first kappa shape index (κ1) is 21.3. The summed E-state index contributed by atoms with van der Waals surface area (Å²) in [6.45, 7) is 3.23. The predicted molar refractivity (Wildman–Crippen MR) is 95.5 cm³/mol. The highest BCUT2D eigenvalue weighted by molar-refractivity contribution is 7.92. The monoisotopic (exact) mass is 413 g/mol. The Morgan fingerprint density at radius 2 is 1.61 bits per heavy atom. The third-order valence-electron chi connectivity index (χ3n) is 3.45. The summed E-state index contributed by atoms with van der Waals surface area (Å²) in [7, 11) is -4.62. The highest BCUT2D eigenvalue weighted by atomic mass is 32.2. The average molecular weight is 413 g/mol. The molecule has 0 radical (unpaired) electrons. The number of hydrogen-bond acceptors (Lipinski definition) is 6. The number of hydrogen-bond donors (Lipinski definition) is 1. The van der Waals surface area contributed by atoms with Gasteiger partial charge in [0.15, 0.2) is 0 Å². The van der Waals surface area contributed by atoms with Crippen LogP contribution in [0.3, 0.4) is 0 Å². The first-order chi connectivity index (χ1) is 13.2. The smallest absolute Gasteiger partial charge is 0.340 e. The van der Waals surface area contributed by atoms with Crippen molar-refractivity contribution in [2.75, 3.05) is 17.9 Å². The first-order valence-electron chi connectivity index (χ1n) is 8.15. The van der Waals surface area contributed by atoms with Crippen LogP contribution in [0.15, 0.2) is 41.3 Å². The van der Waals surface area contributed by atoms with E-state index in [1.165, 1.54) is 12.1 Å². The van der Waals surface area contributed by atoms with Gasteiger partial charge < -0.3 is 9.47 Å². The van der Waals surface area contributed by atoms with Crippen LogP contribution in [0.2, 0.25) is 0 Å². The number of carbonyl (C=O) groups is 2. The molecule has 0 aromatic heterocycles. The van der Waals surface area contributed by atoms with Crippen molar-refractivity contribution in [2.45, 2.75) is 18.7 Å². The van der Waals surface area contributed by atoms with E-state index >= 15 is 0 Å². The summed E-state index contributed by atoms with van der Waals surface area (Å²) in [5, 5.41) is 0. The van der Waals surface area contributed by atoms with E-state index in [1.54, 1.807) is 13.8 Å². The van der Waals surface area contributed by atoms with Gasteiger partial charge in [-0.15, -0.1) is 0 Å². The van der Waals surface area contributed by atoms with Gasteiger partial charge in [0.1, 0.15) is 16.5 Å². The molecule has 150 valence electrons. The van der Waals surface area contributed by atoms with E-state index in [0.29, 0.717) is 12.1 Å². The second-order valence-corrected chi connectivity index (χ2v) is 7.03. The van der Waals surface area contributed by atoms with Gasteiger partial charge in [-0.2, -0.15) is 0 Å². The lowest BCUT2D eigenvalue weighted by molar-refractivity contribution is 0.0512. The lowest BCUT2D eigenvalue weighted by Crippen LogP contribution is -2.19. The molecule has 0 heterocycles. The maximum absolute atomic E-state index is 13.9. The van der Waals surface area contributed by atoms with E-state index in [0.717, 1.165) is 12.1 Å². The van der Waals surface area contributed by atoms with Crippen molar-refractivity contribution >= 4 is 27.6 Å². The summed E-state index contributed by atoms with van der Waals surface area (Å²) in [5.41, 5.74) is -0.602. The molecule has 0 spiro atoms. The van der Waals surface area contributed by atoms with Gasteiger partial charge in [0.2, 0.25) is 0 Å². The zero-order valence-corrected chi connectivity index (χ0v) is 15.8. The molecule has 10 heteroatoms. The van der Waals surface area contributed by atoms with Gasteiger partial charge in [-0.3, -0.25) is 4.72 Å². The van der Waals surface area contributed by atoms with Crippen molar-refractivity contribution in [3.8, 4) is 0 Å². The summed E-state index contributed by atoms with van der Waals surface area (Å²) in [6.07, 6.45) is 0. The number of nitrogens with one attached hydrogen (secondary N) is 1. The van der Waals surface area contributed by atoms with Crippen LogP contribution in [0.25, 0.3) is 0 Å². The highest BCUT2D eigenvalue weighted by Gasteiger charge is 2.24. The lowest BCUT2D eigenvalue weighted by atomic mass is 10.1. The molecule has 0 aliphatic rings. The van der Waals surface area contributed by atoms with E-state index in [2.05, 4.69) is 0 Å². The van der Waals surface area contributed by atoms with Crippen molar-refractivity contribution in [1.82, 2.24) is 0 Å². The minimum Gasteiger partial charge on any atom is -0.462 e. The SMILES string of the molecule is CCOC(=O)c1ccc(C(=O)OCC)c(NS(=O)(=O)c2cc(F)ccc2F)c1. The molecule has 2 aromatic rings. The predicted octanol–water partition coefficient (Wildman–Crippen LogP) is 3.12. The Labute approximate surface area is 160 Å². The van der Waals surface area contributed by atoms with Crippen LogP contribution in [0.4, 0.5) is 14.5 Å². The Balaban J connectivity index is 2.53. The number of carbonyl (C=O) groups excluding carboxylic acids is 2. The van der Waals surface area contributed by atoms with Crippen LogP contribution in [-0.4, -0.2) is 33.6 Å². The molecular formula is C18H17F2NO6S. The third-order valence-corrected chi connectivity index (χ3v) is 4.83. The van der Waals surface area contributed by atoms with Crippen LogP contribution < -0.4 is 4.72 Å². The Bertz CT molecular complexity index is 1010. The molecule has 7 nitrogen and oxygen atoms in total. The van der Waals surface area contributed by atoms with Gasteiger partial charge in [-0.1, -0.05) is 0 Å². The van der Waals surface area contributed by atoms with E-state index < -0.39 is 38.5 Å². The fourth-order valence-electron chi connectivity index (χ4n) is 2.24. The Kier molecular flexibility index (Phi) is 6.68. The van der Waals surface area contributed by atoms with E-state index in [-0.39, 0.29) is 30.0 Å². The van der Waals surface area contributed by atoms with Crippen molar-refractivity contribution in [2.24, 2.45) is 0 Å². The normalized spacial score (nSPS) is 11.0. The van der Waals surface area contributed by atoms with Crippen molar-refractivity contribution in [1.29, 1.82) is 0 Å². The van der Waals surface area contributed by atoms with Crippen LogP contribution >= 0.6 is 0 Å². The summed E-state index contributed by atoms with van der Waals surface area (Å²) in [4.78, 5) is 23.1. The van der Waals surface area contributed by atoms with Gasteiger partial charge in [0.25, 0.3) is 10.0 Å². The molecule has 0 unspecified atom stereocenters. The van der Waals surface area contributed by atoms with Crippen LogP contribution in [0.1, 0.15) is 34.6 Å². The van der Waals surface area contributed by atoms with Gasteiger partial charge in [0, 0.05) is 0 Å². The van der Waals surface area contributed by atoms with Crippen molar-refractivity contribution in [3.05, 3.63) is 59.2 Å². The standard InChI is InChI=1S/C18H17F2NO6S/c1-3-26-17(22)11-5-7-13(18(23)27-4-2)15(9-11)21-28(24,25)16-10-12(19)6-8-14(16)20/h5-10,21H,3-4H2,1-2H3. The zero-order valence-electron chi connectivity index (χ0n) is 15.0. The summed E-state index contributed by atoms with van der Waals surface area (Å²) in [6, 6.07) is 5.40. The van der Waals surface area contributed by atoms with Gasteiger partial charge >= 0.3 is 11.9 Å². The second kappa shape index (κ2) is 8.79. The quantitative estimate of drug-likeness (QED) is 0.701. The van der Waals surface area contributed by atoms with E-state index in [1.807, 2.05) is 4.72 Å². The van der Waals surface area contributed by atoms with Crippen molar-refractivity contribution < 1.29 is 36.3 Å². The highest BCUT2D eigenvalue weighted by Crippen LogP contribution is 2.25. The number of benzene rings is 2. The minimum absolute atomic E-state index is 0.0170. The third kappa shape index (κ3) is 4.83. The van der Waals surface area contributed by atoms with Crippen LogP contribution in [0, 0.1) is 11.6 Å². The van der Waals surface area contributed by atoms with Gasteiger partial charge in [-0.05, 0) is 50.2 Å². The fraction of sp³-hybridized carbons (Fsp3) is 0.222. The molecule has 28 heavy (non-hydrogen) atoms. The topological polar surface area (TPSA) is 98.8 Å². The Hall–Kier alpha value is -3.01. The lowest BCUT2D eigenvalue weighted by Gasteiger charge is -2.14. The maximum Gasteiger partial charge on any atom is 0.340 e. The Morgan fingerprint density at radius 3 is 2.25 bits per heavy atom. The zero-order chi connectivity index (χ0) is 20.9. The molecular weight excluding hydrogens is 396 g/mol. The number of anilines is 1. The molecule has 0 fully saturated rings. The maximum atomic E-state index is 13.9. The van der Waals surface area contributed by atoms with Gasteiger partial charge in [-0.25, -0.2) is 26.8 Å². The molecule has 2 aromatic carbocycles. The second-order valence-electron chi connectivity index (χ2n) is 5.38. The van der Waals surface area contributed by atoms with E-state index in [9.17, 15) is 26.8 Å². The summed E-state index contributed by atoms with van der Waals surface area (Å²) in [5.74, 6) is -3.77. The molecule has 0 amide bonds. The molecule has 0 aliphatic carbocycles. The summed E-state index contributed by atoms with van der Waals surface area (Å²) >= 11 is 0. The molecule has 0 aliphatic heterocycles. The molecule has 2 rings (SSSR count). The Morgan fingerprint density at radius 1 is 0.964 bits per heavy atom. The molecule has 1 N–H and O–H groups in total. The number of esters is 2. The molecule has 0 atom stereocenters. The van der Waals surface area contributed by atoms with Crippen LogP contribution in [-0.2, 0) is 19.5 Å². The average Bonchev–Trinajstić information content (AvgIpc) is 2.63. The fourth-order valence-corrected chi connectivity index (χ4v) is 3.40. The summed E-state index contributed by atoms with van der Waals surface area (Å²) < 4.78 is 64.0. The molecule has 0 saturated carbocycles. The minimum atomic E-state index is -4.62. The largest absolute Gasteiger partial charge is 0.462 e.